The Bertz CT molecular complexity index is 868. The molecule has 0 aliphatic carbocycles. The molecule has 0 fully saturated rings. The highest BCUT2D eigenvalue weighted by atomic mass is 32.1. The largest absolute Gasteiger partial charge is 0.464 e. The molecular weight excluding hydrogens is 356 g/mol. The van der Waals surface area contributed by atoms with E-state index >= 15 is 0 Å². The molecule has 0 saturated heterocycles. The first-order valence-corrected chi connectivity index (χ1v) is 9.47. The van der Waals surface area contributed by atoms with Crippen molar-refractivity contribution in [2.75, 3.05) is 13.2 Å². The Hall–Kier alpha value is -2.22. The van der Waals surface area contributed by atoms with Gasteiger partial charge in [0.15, 0.2) is 0 Å². The average molecular weight is 380 g/mol. The third-order valence-corrected chi connectivity index (χ3v) is 5.07. The minimum Gasteiger partial charge on any atom is -0.464 e. The number of thiophene rings is 1. The summed E-state index contributed by atoms with van der Waals surface area (Å²) < 4.78 is 11.6. The van der Waals surface area contributed by atoms with Crippen molar-refractivity contribution in [3.8, 4) is 0 Å². The van der Waals surface area contributed by atoms with Gasteiger partial charge in [-0.05, 0) is 31.7 Å². The van der Waals surface area contributed by atoms with Gasteiger partial charge in [0.2, 0.25) is 0 Å². The van der Waals surface area contributed by atoms with Gasteiger partial charge in [0.25, 0.3) is 5.56 Å². The van der Waals surface area contributed by atoms with Crippen molar-refractivity contribution in [3.05, 3.63) is 27.1 Å². The molecule has 142 valence electrons. The lowest BCUT2D eigenvalue weighted by Gasteiger charge is -2.17. The second kappa shape index (κ2) is 8.44. The molecule has 7 nitrogen and oxygen atoms in total. The van der Waals surface area contributed by atoms with Crippen molar-refractivity contribution in [2.45, 2.75) is 47.1 Å². The minimum atomic E-state index is -0.747. The molecule has 0 aromatic carbocycles. The van der Waals surface area contributed by atoms with Crippen molar-refractivity contribution in [1.29, 1.82) is 0 Å². The van der Waals surface area contributed by atoms with Gasteiger partial charge in [-0.15, -0.1) is 11.3 Å². The number of aryl methyl sites for hydroxylation is 1. The number of fused-ring (bicyclic) bond motifs is 1. The number of hydrogen-bond acceptors (Lipinski definition) is 7. The summed E-state index contributed by atoms with van der Waals surface area (Å²) in [4.78, 5) is 42.5. The number of hydrogen-bond donors (Lipinski definition) is 0. The summed E-state index contributed by atoms with van der Waals surface area (Å²) in [5.41, 5.74) is 0.174. The van der Waals surface area contributed by atoms with E-state index in [9.17, 15) is 14.4 Å². The maximum absolute atomic E-state index is 13.0. The van der Waals surface area contributed by atoms with Gasteiger partial charge < -0.3 is 9.47 Å². The lowest BCUT2D eigenvalue weighted by Crippen LogP contribution is -2.31. The number of aromatic nitrogens is 2. The van der Waals surface area contributed by atoms with Crippen LogP contribution in [-0.2, 0) is 14.3 Å². The van der Waals surface area contributed by atoms with Crippen LogP contribution in [0.15, 0.2) is 11.1 Å². The Morgan fingerprint density at radius 2 is 1.96 bits per heavy atom. The number of carbonyl (C=O) groups excluding carboxylic acids is 2. The Morgan fingerprint density at radius 3 is 2.54 bits per heavy atom. The number of ether oxygens (including phenoxy) is 2. The van der Waals surface area contributed by atoms with Gasteiger partial charge in [0, 0.05) is 0 Å². The summed E-state index contributed by atoms with van der Waals surface area (Å²) in [5.74, 6) is -0.717. The van der Waals surface area contributed by atoms with Gasteiger partial charge in [0.05, 0.1) is 24.9 Å². The zero-order valence-corrected chi connectivity index (χ0v) is 16.5. The molecule has 1 atom stereocenters. The molecule has 2 rings (SSSR count). The molecule has 0 bridgehead atoms. The third kappa shape index (κ3) is 3.95. The van der Waals surface area contributed by atoms with E-state index < -0.39 is 18.0 Å². The van der Waals surface area contributed by atoms with E-state index in [1.807, 2.05) is 20.8 Å². The summed E-state index contributed by atoms with van der Waals surface area (Å²) in [6, 6.07) is -0.747. The van der Waals surface area contributed by atoms with Crippen molar-refractivity contribution in [3.63, 3.8) is 0 Å². The Morgan fingerprint density at radius 1 is 1.27 bits per heavy atom. The topological polar surface area (TPSA) is 87.5 Å². The molecule has 0 N–H and O–H groups in total. The lowest BCUT2D eigenvalue weighted by molar-refractivity contribution is -0.149. The van der Waals surface area contributed by atoms with Crippen LogP contribution in [0.2, 0.25) is 0 Å². The van der Waals surface area contributed by atoms with Crippen LogP contribution in [0.3, 0.4) is 0 Å². The lowest BCUT2D eigenvalue weighted by atomic mass is 10.2. The highest BCUT2D eigenvalue weighted by molar-refractivity contribution is 7.20. The Kier molecular flexibility index (Phi) is 6.52. The molecule has 0 spiro atoms. The van der Waals surface area contributed by atoms with Gasteiger partial charge in [-0.1, -0.05) is 20.8 Å². The molecule has 26 heavy (non-hydrogen) atoms. The van der Waals surface area contributed by atoms with Gasteiger partial charge in [0.1, 0.15) is 15.7 Å². The fourth-order valence-electron chi connectivity index (χ4n) is 2.57. The minimum absolute atomic E-state index is 0.208. The first kappa shape index (κ1) is 20.1. The molecular formula is C18H24N2O5S. The standard InChI is InChI=1S/C18H24N2O5S/c1-6-12(17(22)25-8-10(3)4)20-9-19-15-13(16(20)21)11(5)14(26-15)18(23)24-7-2/h9-10,12H,6-8H2,1-5H3. The zero-order valence-electron chi connectivity index (χ0n) is 15.7. The number of nitrogens with zero attached hydrogens (tertiary/aromatic N) is 2. The van der Waals surface area contributed by atoms with E-state index in [0.717, 1.165) is 11.3 Å². The molecule has 0 aliphatic heterocycles. The van der Waals surface area contributed by atoms with E-state index in [0.29, 0.717) is 33.7 Å². The van der Waals surface area contributed by atoms with E-state index in [1.165, 1.54) is 10.9 Å². The highest BCUT2D eigenvalue weighted by Crippen LogP contribution is 2.28. The number of rotatable bonds is 7. The molecule has 1 unspecified atom stereocenters. The van der Waals surface area contributed by atoms with Gasteiger partial charge in [-0.2, -0.15) is 0 Å². The fourth-order valence-corrected chi connectivity index (χ4v) is 3.61. The van der Waals surface area contributed by atoms with Crippen LogP contribution in [0.5, 0.6) is 0 Å². The van der Waals surface area contributed by atoms with Crippen molar-refractivity contribution in [2.24, 2.45) is 5.92 Å². The van der Waals surface area contributed by atoms with E-state index in [2.05, 4.69) is 4.98 Å². The Balaban J connectivity index is 2.47. The molecule has 2 heterocycles. The van der Waals surface area contributed by atoms with Crippen LogP contribution in [0.1, 0.15) is 55.4 Å². The summed E-state index contributed by atoms with van der Waals surface area (Å²) >= 11 is 1.12. The Labute approximate surface area is 155 Å². The zero-order chi connectivity index (χ0) is 19.4. The van der Waals surface area contributed by atoms with E-state index in [-0.39, 0.29) is 18.1 Å². The smallest absolute Gasteiger partial charge is 0.348 e. The highest BCUT2D eigenvalue weighted by Gasteiger charge is 2.25. The van der Waals surface area contributed by atoms with Crippen LogP contribution in [0.4, 0.5) is 0 Å². The monoisotopic (exact) mass is 380 g/mol. The predicted octanol–water partition coefficient (Wildman–Crippen LogP) is 3.09. The fraction of sp³-hybridized carbons (Fsp3) is 0.556. The van der Waals surface area contributed by atoms with Crippen molar-refractivity contribution in [1.82, 2.24) is 9.55 Å². The van der Waals surface area contributed by atoms with Gasteiger partial charge in [-0.3, -0.25) is 9.36 Å². The molecule has 0 saturated carbocycles. The normalized spacial score (nSPS) is 12.4. The summed E-state index contributed by atoms with van der Waals surface area (Å²) in [7, 11) is 0. The molecule has 8 heteroatoms. The van der Waals surface area contributed by atoms with Crippen LogP contribution in [0.25, 0.3) is 10.2 Å². The number of esters is 2. The molecule has 0 amide bonds. The molecule has 0 radical (unpaired) electrons. The van der Waals surface area contributed by atoms with Crippen molar-refractivity contribution >= 4 is 33.5 Å². The average Bonchev–Trinajstić information content (AvgIpc) is 2.93. The van der Waals surface area contributed by atoms with Crippen LogP contribution >= 0.6 is 11.3 Å². The van der Waals surface area contributed by atoms with Gasteiger partial charge >= 0.3 is 11.9 Å². The summed E-state index contributed by atoms with van der Waals surface area (Å²) in [6.45, 7) is 9.66. The maximum Gasteiger partial charge on any atom is 0.348 e. The van der Waals surface area contributed by atoms with Crippen molar-refractivity contribution < 1.29 is 19.1 Å². The van der Waals surface area contributed by atoms with Crippen LogP contribution in [-0.4, -0.2) is 34.7 Å². The quantitative estimate of drug-likeness (QED) is 0.686. The third-order valence-electron chi connectivity index (χ3n) is 3.89. The molecule has 2 aromatic rings. The summed E-state index contributed by atoms with van der Waals surface area (Å²) in [5, 5.41) is 0.343. The summed E-state index contributed by atoms with van der Waals surface area (Å²) in [6.07, 6.45) is 1.75. The number of carbonyl (C=O) groups is 2. The second-order valence-electron chi connectivity index (χ2n) is 6.36. The molecule has 2 aromatic heterocycles. The van der Waals surface area contributed by atoms with Gasteiger partial charge in [-0.25, -0.2) is 14.6 Å². The van der Waals surface area contributed by atoms with Crippen LogP contribution < -0.4 is 5.56 Å². The maximum atomic E-state index is 13.0. The van der Waals surface area contributed by atoms with Crippen LogP contribution in [0, 0.1) is 12.8 Å². The molecule has 0 aliphatic rings. The second-order valence-corrected chi connectivity index (χ2v) is 7.36. The predicted molar refractivity (Wildman–Crippen MR) is 99.7 cm³/mol. The first-order chi connectivity index (χ1) is 12.3. The van der Waals surface area contributed by atoms with E-state index in [4.69, 9.17) is 9.47 Å². The SMILES string of the molecule is CCOC(=O)c1sc2ncn(C(CC)C(=O)OCC(C)C)c(=O)c2c1C. The van der Waals surface area contributed by atoms with E-state index in [1.54, 1.807) is 13.8 Å². The first-order valence-electron chi connectivity index (χ1n) is 8.65.